The van der Waals surface area contributed by atoms with Gasteiger partial charge in [0, 0.05) is 13.1 Å². The van der Waals surface area contributed by atoms with Crippen LogP contribution >= 0.6 is 0 Å². The first kappa shape index (κ1) is 24.1. The fraction of sp³-hybridized carbons (Fsp3) is 0.292. The van der Waals surface area contributed by atoms with Gasteiger partial charge in [0.05, 0.1) is 29.4 Å². The summed E-state index contributed by atoms with van der Waals surface area (Å²) in [7, 11) is 0. The number of hydrogen-bond acceptors (Lipinski definition) is 5. The van der Waals surface area contributed by atoms with E-state index in [1.54, 1.807) is 35.6 Å². The second-order valence-electron chi connectivity index (χ2n) is 8.44. The summed E-state index contributed by atoms with van der Waals surface area (Å²) in [5, 5.41) is 26.1. The molecule has 2 aromatic carbocycles. The topological polar surface area (TPSA) is 108 Å². The minimum Gasteiger partial charge on any atom is -0.508 e. The van der Waals surface area contributed by atoms with Gasteiger partial charge in [0.2, 0.25) is 0 Å². The van der Waals surface area contributed by atoms with Crippen molar-refractivity contribution in [3.8, 4) is 5.75 Å². The lowest BCUT2D eigenvalue weighted by Gasteiger charge is -2.21. The number of aromatic hydroxyl groups is 1. The first-order valence-electron chi connectivity index (χ1n) is 10.8. The van der Waals surface area contributed by atoms with Crippen LogP contribution in [-0.2, 0) is 19.3 Å². The number of halogens is 3. The number of phenols is 1. The Labute approximate surface area is 198 Å². The molecule has 0 fully saturated rings. The molecule has 2 heterocycles. The van der Waals surface area contributed by atoms with Gasteiger partial charge in [-0.1, -0.05) is 12.1 Å². The highest BCUT2D eigenvalue weighted by atomic mass is 19.4. The normalized spacial score (nSPS) is 14.0. The number of rotatable bonds is 6. The molecular formula is C24H23F3N4O4. The summed E-state index contributed by atoms with van der Waals surface area (Å²) >= 11 is 0. The van der Waals surface area contributed by atoms with E-state index in [0.29, 0.717) is 41.8 Å². The number of amides is 1. The third kappa shape index (κ3) is 4.93. The van der Waals surface area contributed by atoms with Crippen LogP contribution in [0.1, 0.15) is 56.1 Å². The Bertz CT molecular complexity index is 1290. The number of aromatic nitrogens is 2. The molecule has 0 saturated heterocycles. The van der Waals surface area contributed by atoms with Crippen LogP contribution in [0.15, 0.2) is 42.5 Å². The van der Waals surface area contributed by atoms with E-state index in [0.717, 1.165) is 6.07 Å². The van der Waals surface area contributed by atoms with Crippen LogP contribution in [0.25, 0.3) is 0 Å². The molecule has 3 N–H and O–H groups in total. The van der Waals surface area contributed by atoms with Crippen LogP contribution in [0, 0.1) is 6.92 Å². The van der Waals surface area contributed by atoms with Gasteiger partial charge in [0.25, 0.3) is 5.91 Å². The highest BCUT2D eigenvalue weighted by Crippen LogP contribution is 2.35. The number of carboxylic acids is 1. The quantitative estimate of drug-likeness (QED) is 0.482. The van der Waals surface area contributed by atoms with Crippen molar-refractivity contribution in [3.63, 3.8) is 0 Å². The summed E-state index contributed by atoms with van der Waals surface area (Å²) in [6.07, 6.45) is -4.60. The van der Waals surface area contributed by atoms with E-state index >= 15 is 0 Å². The molecule has 4 rings (SSSR count). The molecule has 1 aliphatic rings. The number of carbonyl (C=O) groups is 2. The minimum atomic E-state index is -4.60. The van der Waals surface area contributed by atoms with Crippen LogP contribution < -0.4 is 10.2 Å². The molecule has 0 spiro atoms. The number of benzene rings is 2. The van der Waals surface area contributed by atoms with Crippen LogP contribution in [-0.4, -0.2) is 38.4 Å². The fourth-order valence-corrected chi connectivity index (χ4v) is 4.20. The van der Waals surface area contributed by atoms with E-state index in [9.17, 15) is 27.9 Å². The number of nitrogens with zero attached hydrogens (tertiary/aromatic N) is 3. The van der Waals surface area contributed by atoms with Crippen LogP contribution in [0.5, 0.6) is 5.75 Å². The van der Waals surface area contributed by atoms with Crippen molar-refractivity contribution < 1.29 is 33.0 Å². The molecule has 0 bridgehead atoms. The zero-order valence-corrected chi connectivity index (χ0v) is 18.9. The molecule has 0 unspecified atom stereocenters. The average molecular weight is 488 g/mol. The van der Waals surface area contributed by atoms with Gasteiger partial charge >= 0.3 is 12.1 Å². The predicted molar refractivity (Wildman–Crippen MR) is 120 cm³/mol. The number of aromatic carboxylic acids is 1. The fourth-order valence-electron chi connectivity index (χ4n) is 4.20. The number of carbonyl (C=O) groups excluding carboxylic acids is 1. The number of alkyl halides is 3. The van der Waals surface area contributed by atoms with E-state index in [1.807, 2.05) is 0 Å². The minimum absolute atomic E-state index is 0.0507. The Hall–Kier alpha value is -4.02. The maximum Gasteiger partial charge on any atom is 0.416 e. The van der Waals surface area contributed by atoms with Gasteiger partial charge in [-0.3, -0.25) is 4.79 Å². The summed E-state index contributed by atoms with van der Waals surface area (Å²) in [5.41, 5.74) is 0.935. The number of phenolic OH excluding ortho intramolecular Hbond substituents is 1. The second-order valence-corrected chi connectivity index (χ2v) is 8.44. The van der Waals surface area contributed by atoms with E-state index in [1.165, 1.54) is 18.2 Å². The number of hydrogen-bond donors (Lipinski definition) is 3. The zero-order chi connectivity index (χ0) is 25.5. The van der Waals surface area contributed by atoms with Crippen molar-refractivity contribution in [2.75, 3.05) is 11.4 Å². The largest absolute Gasteiger partial charge is 0.508 e. The van der Waals surface area contributed by atoms with Gasteiger partial charge in [0.15, 0.2) is 0 Å². The Morgan fingerprint density at radius 3 is 2.46 bits per heavy atom. The van der Waals surface area contributed by atoms with Crippen molar-refractivity contribution in [1.29, 1.82) is 0 Å². The maximum atomic E-state index is 13.2. The summed E-state index contributed by atoms with van der Waals surface area (Å²) in [4.78, 5) is 26.0. The SMILES string of the molecule is Cc1nn2c(c1C(=O)N[C@@H](C)c1ccc(C(=O)O)cc1)N(Cc1cc(O)cc(C(F)(F)F)c1)CC2. The van der Waals surface area contributed by atoms with Crippen LogP contribution in [0.4, 0.5) is 19.0 Å². The van der Waals surface area contributed by atoms with E-state index in [2.05, 4.69) is 10.4 Å². The molecule has 3 aromatic rings. The van der Waals surface area contributed by atoms with Crippen molar-refractivity contribution in [1.82, 2.24) is 15.1 Å². The van der Waals surface area contributed by atoms with Gasteiger partial charge in [-0.25, -0.2) is 9.48 Å². The number of carboxylic acid groups (broad SMARTS) is 1. The van der Waals surface area contributed by atoms with Gasteiger partial charge < -0.3 is 20.4 Å². The average Bonchev–Trinajstić information content (AvgIpc) is 3.30. The second kappa shape index (κ2) is 8.97. The molecule has 0 radical (unpaired) electrons. The maximum absolute atomic E-state index is 13.2. The zero-order valence-electron chi connectivity index (χ0n) is 18.9. The summed E-state index contributed by atoms with van der Waals surface area (Å²) in [6, 6.07) is 8.63. The lowest BCUT2D eigenvalue weighted by molar-refractivity contribution is -0.137. The van der Waals surface area contributed by atoms with Crippen molar-refractivity contribution >= 4 is 17.7 Å². The highest BCUT2D eigenvalue weighted by Gasteiger charge is 2.33. The lowest BCUT2D eigenvalue weighted by atomic mass is 10.1. The van der Waals surface area contributed by atoms with Gasteiger partial charge in [-0.15, -0.1) is 0 Å². The van der Waals surface area contributed by atoms with Crippen LogP contribution in [0.3, 0.4) is 0 Å². The number of aryl methyl sites for hydroxylation is 1. The summed E-state index contributed by atoms with van der Waals surface area (Å²) in [6.45, 7) is 4.39. The van der Waals surface area contributed by atoms with E-state index in [4.69, 9.17) is 5.11 Å². The molecule has 1 amide bonds. The highest BCUT2D eigenvalue weighted by molar-refractivity contribution is 6.00. The standard InChI is InChI=1S/C24H23F3N4O4/c1-13(16-3-5-17(6-4-16)23(34)35)28-21(33)20-14(2)29-31-8-7-30(22(20)31)12-15-9-18(24(25,26)27)11-19(32)10-15/h3-6,9-11,13,32H,7-8,12H2,1-2H3,(H,28,33)(H,34,35)/t13-/m0/s1. The monoisotopic (exact) mass is 488 g/mol. The smallest absolute Gasteiger partial charge is 0.416 e. The summed E-state index contributed by atoms with van der Waals surface area (Å²) in [5.74, 6) is -1.45. The third-order valence-electron chi connectivity index (χ3n) is 5.89. The molecule has 1 aromatic heterocycles. The Morgan fingerprint density at radius 1 is 1.14 bits per heavy atom. The number of nitrogens with one attached hydrogen (secondary N) is 1. The molecule has 8 nitrogen and oxygen atoms in total. The van der Waals surface area contributed by atoms with Gasteiger partial charge in [-0.05, 0) is 55.3 Å². The Kier molecular flexibility index (Phi) is 6.18. The molecule has 1 atom stereocenters. The summed E-state index contributed by atoms with van der Waals surface area (Å²) < 4.78 is 41.2. The molecule has 11 heteroatoms. The van der Waals surface area contributed by atoms with Gasteiger partial charge in [0.1, 0.15) is 17.1 Å². The van der Waals surface area contributed by atoms with Crippen molar-refractivity contribution in [2.45, 2.75) is 39.2 Å². The predicted octanol–water partition coefficient (Wildman–Crippen LogP) is 4.13. The van der Waals surface area contributed by atoms with E-state index < -0.39 is 35.4 Å². The molecular weight excluding hydrogens is 465 g/mol. The Balaban J connectivity index is 1.57. The van der Waals surface area contributed by atoms with Crippen LogP contribution in [0.2, 0.25) is 0 Å². The van der Waals surface area contributed by atoms with Crippen molar-refractivity contribution in [3.05, 3.63) is 76.0 Å². The number of fused-ring (bicyclic) bond motifs is 1. The van der Waals surface area contributed by atoms with E-state index in [-0.39, 0.29) is 17.7 Å². The first-order valence-corrected chi connectivity index (χ1v) is 10.8. The molecule has 35 heavy (non-hydrogen) atoms. The number of anilines is 1. The third-order valence-corrected chi connectivity index (χ3v) is 5.89. The lowest BCUT2D eigenvalue weighted by Crippen LogP contribution is -2.29. The molecule has 0 saturated carbocycles. The van der Waals surface area contributed by atoms with Crippen molar-refractivity contribution in [2.24, 2.45) is 0 Å². The van der Waals surface area contributed by atoms with Gasteiger partial charge in [-0.2, -0.15) is 18.3 Å². The Morgan fingerprint density at radius 2 is 1.83 bits per heavy atom. The molecule has 0 aliphatic carbocycles. The molecule has 1 aliphatic heterocycles. The molecule has 184 valence electrons. The first-order chi connectivity index (χ1) is 16.4.